The molecule has 0 aliphatic heterocycles. The van der Waals surface area contributed by atoms with Gasteiger partial charge in [0.15, 0.2) is 16.6 Å². The van der Waals surface area contributed by atoms with Gasteiger partial charge in [0.05, 0.1) is 0 Å². The van der Waals surface area contributed by atoms with Gasteiger partial charge in [0.25, 0.3) is 0 Å². The molecule has 0 N–H and O–H groups in total. The van der Waals surface area contributed by atoms with E-state index >= 15 is 0 Å². The van der Waals surface area contributed by atoms with E-state index < -0.39 is 16.6 Å². The summed E-state index contributed by atoms with van der Waals surface area (Å²) in [5.41, 5.74) is 0. The van der Waals surface area contributed by atoms with Crippen LogP contribution >= 0.6 is 41.2 Å². The largest absolute Gasteiger partial charge is 0.460 e. The van der Waals surface area contributed by atoms with Crippen LogP contribution in [0.5, 0.6) is 0 Å². The van der Waals surface area contributed by atoms with Crippen molar-refractivity contribution < 1.29 is 8.23 Å². The van der Waals surface area contributed by atoms with Crippen LogP contribution in [0, 0.1) is 0 Å². The van der Waals surface area contributed by atoms with Crippen LogP contribution in [0.15, 0.2) is 0 Å². The summed E-state index contributed by atoms with van der Waals surface area (Å²) in [6.45, 7) is 13.9. The van der Waals surface area contributed by atoms with Crippen molar-refractivity contribution in [3.8, 4) is 0 Å². The Bertz CT molecular complexity index is 268. The zero-order valence-corrected chi connectivity index (χ0v) is 24.6. The number of rotatable bonds is 17. The fourth-order valence-electron chi connectivity index (χ4n) is 2.34. The fourth-order valence-corrected chi connectivity index (χ4v) is 29.7. The number of hydrogen-bond donors (Lipinski definition) is 0. The summed E-state index contributed by atoms with van der Waals surface area (Å²) in [4.78, 5) is 0. The zero-order chi connectivity index (χ0) is 18.3. The first-order valence-electron chi connectivity index (χ1n) is 9.43. The molecule has 0 unspecified atom stereocenters. The van der Waals surface area contributed by atoms with Gasteiger partial charge in [-0.25, -0.2) is 0 Å². The topological polar surface area (TPSA) is 18.5 Å². The summed E-state index contributed by atoms with van der Waals surface area (Å²) in [7, 11) is 4.67. The average Bonchev–Trinajstić information content (AvgIpc) is 2.63. The first-order chi connectivity index (χ1) is 11.6. The molecule has 10 heteroatoms. The van der Waals surface area contributed by atoms with Crippen LogP contribution in [0.1, 0.15) is 41.5 Å². The lowest BCUT2D eigenvalue weighted by Crippen LogP contribution is -2.41. The van der Waals surface area contributed by atoms with Crippen LogP contribution in [0.2, 0.25) is 36.3 Å². The highest BCUT2D eigenvalue weighted by Gasteiger charge is 2.32. The molecule has 0 amide bonds. The maximum Gasteiger partial charge on any atom is 0.189 e. The van der Waals surface area contributed by atoms with Gasteiger partial charge in [-0.15, -0.1) is 0 Å². The van der Waals surface area contributed by atoms with Gasteiger partial charge in [-0.1, -0.05) is 63.1 Å². The zero-order valence-electron chi connectivity index (χ0n) is 16.5. The highest BCUT2D eigenvalue weighted by atomic mass is 33.7. The van der Waals surface area contributed by atoms with Gasteiger partial charge < -0.3 is 8.23 Å². The van der Waals surface area contributed by atoms with Gasteiger partial charge in [0.2, 0.25) is 0 Å². The molecule has 0 fully saturated rings. The van der Waals surface area contributed by atoms with E-state index in [9.17, 15) is 0 Å². The van der Waals surface area contributed by atoms with Crippen LogP contribution in [-0.2, 0) is 8.23 Å². The van der Waals surface area contributed by atoms with E-state index in [1.54, 1.807) is 0 Å². The monoisotopic (exact) mass is 478 g/mol. The highest BCUT2D eigenvalue weighted by Crippen LogP contribution is 2.45. The summed E-state index contributed by atoms with van der Waals surface area (Å²) in [5, 5.41) is 2.52. The van der Waals surface area contributed by atoms with E-state index in [-0.39, 0.29) is 19.5 Å². The van der Waals surface area contributed by atoms with Gasteiger partial charge in [-0.2, -0.15) is 0 Å². The highest BCUT2D eigenvalue weighted by molar-refractivity contribution is 9.26. The van der Waals surface area contributed by atoms with Crippen molar-refractivity contribution in [3.05, 3.63) is 0 Å². The molecule has 0 aliphatic carbocycles. The molecular formula is C14H38O2S4Si4. The molecule has 2 nitrogen and oxygen atoms in total. The van der Waals surface area contributed by atoms with E-state index in [4.69, 9.17) is 8.23 Å². The van der Waals surface area contributed by atoms with Crippen molar-refractivity contribution in [3.63, 3.8) is 0 Å². The average molecular weight is 479 g/mol. The fraction of sp³-hybridized carbons (Fsp3) is 1.00. The van der Waals surface area contributed by atoms with Crippen molar-refractivity contribution in [1.82, 2.24) is 0 Å². The normalized spacial score (nSPS) is 13.8. The van der Waals surface area contributed by atoms with Crippen LogP contribution in [0.3, 0.4) is 0 Å². The van der Waals surface area contributed by atoms with Gasteiger partial charge >= 0.3 is 0 Å². The number of hydrogen-bond acceptors (Lipinski definition) is 6. The Morgan fingerprint density at radius 2 is 0.958 bits per heavy atom. The second-order valence-corrected chi connectivity index (χ2v) is 26.6. The van der Waals surface area contributed by atoms with E-state index in [1.807, 2.05) is 41.2 Å². The third kappa shape index (κ3) is 10.5. The van der Waals surface area contributed by atoms with E-state index in [0.29, 0.717) is 0 Å². The molecular weight excluding hydrogens is 441 g/mol. The van der Waals surface area contributed by atoms with Crippen molar-refractivity contribution >= 4 is 77.4 Å². The predicted octanol–water partition coefficient (Wildman–Crippen LogP) is 5.79. The lowest BCUT2D eigenvalue weighted by molar-refractivity contribution is 0.575. The third-order valence-electron chi connectivity index (χ3n) is 4.57. The standard InChI is InChI=1S/C14H38O2S4Si4/c1-7-21-15-23(9-3,10-4)13-17-19-20-18-14-24(11-5,12-6)16-22-8-2/h7-14,21-22H2,1-6H3. The Morgan fingerprint density at radius 3 is 1.21 bits per heavy atom. The molecule has 0 heterocycles. The summed E-state index contributed by atoms with van der Waals surface area (Å²) in [6.07, 6.45) is 0. The molecule has 0 rings (SSSR count). The first kappa shape index (κ1) is 26.2. The van der Waals surface area contributed by atoms with Crippen LogP contribution < -0.4 is 0 Å². The van der Waals surface area contributed by atoms with E-state index in [2.05, 4.69) is 41.5 Å². The van der Waals surface area contributed by atoms with Crippen molar-refractivity contribution in [2.45, 2.75) is 77.8 Å². The minimum Gasteiger partial charge on any atom is -0.460 e. The molecule has 0 aliphatic rings. The van der Waals surface area contributed by atoms with Crippen LogP contribution in [0.25, 0.3) is 0 Å². The Labute approximate surface area is 173 Å². The summed E-state index contributed by atoms with van der Waals surface area (Å²) < 4.78 is 12.9. The molecule has 0 aromatic heterocycles. The maximum absolute atomic E-state index is 6.44. The quantitative estimate of drug-likeness (QED) is 0.148. The van der Waals surface area contributed by atoms with Crippen LogP contribution in [-0.4, -0.2) is 46.9 Å². The summed E-state index contributed by atoms with van der Waals surface area (Å²) in [6, 6.07) is 7.66. The van der Waals surface area contributed by atoms with Crippen LogP contribution in [0.4, 0.5) is 0 Å². The first-order valence-corrected chi connectivity index (χ1v) is 22.8. The second kappa shape index (κ2) is 16.2. The second-order valence-electron chi connectivity index (χ2n) is 6.14. The molecule has 0 radical (unpaired) electrons. The molecule has 0 aromatic rings. The molecule has 0 spiro atoms. The molecule has 0 atom stereocenters. The minimum atomic E-state index is -1.42. The van der Waals surface area contributed by atoms with E-state index in [0.717, 1.165) is 0 Å². The molecule has 0 aromatic carbocycles. The molecule has 24 heavy (non-hydrogen) atoms. The van der Waals surface area contributed by atoms with Crippen molar-refractivity contribution in [2.75, 3.05) is 10.8 Å². The molecule has 0 bridgehead atoms. The molecule has 146 valence electrons. The van der Waals surface area contributed by atoms with Crippen molar-refractivity contribution in [2.24, 2.45) is 0 Å². The SMILES string of the molecule is CC[SiH2]O[Si](CC)(CC)CSSSSC[Si](CC)(CC)O[SiH2]CC. The summed E-state index contributed by atoms with van der Waals surface area (Å²) in [5.74, 6) is 0. The van der Waals surface area contributed by atoms with Gasteiger partial charge in [0.1, 0.15) is 19.5 Å². The maximum atomic E-state index is 6.44. The van der Waals surface area contributed by atoms with Gasteiger partial charge in [-0.05, 0) is 55.9 Å². The summed E-state index contributed by atoms with van der Waals surface area (Å²) >= 11 is 0. The smallest absolute Gasteiger partial charge is 0.189 e. The lowest BCUT2D eigenvalue weighted by Gasteiger charge is -2.30. The lowest BCUT2D eigenvalue weighted by atomic mass is 10.9. The molecule has 0 saturated carbocycles. The Kier molecular flexibility index (Phi) is 17.6. The Morgan fingerprint density at radius 1 is 0.625 bits per heavy atom. The Balaban J connectivity index is 4.09. The van der Waals surface area contributed by atoms with Gasteiger partial charge in [0, 0.05) is 10.8 Å². The van der Waals surface area contributed by atoms with Gasteiger partial charge in [-0.3, -0.25) is 0 Å². The van der Waals surface area contributed by atoms with Crippen molar-refractivity contribution in [1.29, 1.82) is 0 Å². The third-order valence-corrected chi connectivity index (χ3v) is 29.1. The predicted molar refractivity (Wildman–Crippen MR) is 134 cm³/mol. The minimum absolute atomic E-state index is 0.262. The van der Waals surface area contributed by atoms with E-state index in [1.165, 1.54) is 47.0 Å². The Hall–Kier alpha value is 2.19. The molecule has 0 saturated heterocycles.